The second kappa shape index (κ2) is 4.76. The highest BCUT2D eigenvalue weighted by molar-refractivity contribution is 5.82. The van der Waals surface area contributed by atoms with E-state index in [0.29, 0.717) is 18.3 Å². The van der Waals surface area contributed by atoms with E-state index < -0.39 is 0 Å². The zero-order chi connectivity index (χ0) is 12.4. The summed E-state index contributed by atoms with van der Waals surface area (Å²) in [6.45, 7) is 0. The van der Waals surface area contributed by atoms with Crippen molar-refractivity contribution in [3.05, 3.63) is 18.5 Å². The van der Waals surface area contributed by atoms with Crippen LogP contribution in [-0.4, -0.2) is 21.2 Å². The van der Waals surface area contributed by atoms with Crippen molar-refractivity contribution in [1.29, 1.82) is 0 Å². The third-order valence-corrected chi connectivity index (χ3v) is 3.56. The summed E-state index contributed by atoms with van der Waals surface area (Å²) >= 11 is 0. The molecule has 1 aliphatic carbocycles. The average molecular weight is 244 g/mol. The summed E-state index contributed by atoms with van der Waals surface area (Å²) in [7, 11) is 0. The van der Waals surface area contributed by atoms with Crippen LogP contribution in [0.15, 0.2) is 18.5 Å². The molecular formula is C13H16N4O. The molecule has 0 unspecified atom stereocenters. The Bertz CT molecular complexity index is 557. The number of hydrogen-bond acceptors (Lipinski definition) is 3. The Balaban J connectivity index is 1.92. The number of nitrogens with zero attached hydrogens (tertiary/aromatic N) is 3. The molecule has 0 saturated heterocycles. The topological polar surface area (TPSA) is 59.8 Å². The first kappa shape index (κ1) is 11.2. The molecule has 1 amide bonds. The first-order valence-corrected chi connectivity index (χ1v) is 6.42. The molecule has 0 radical (unpaired) electrons. The van der Waals surface area contributed by atoms with Gasteiger partial charge in [-0.3, -0.25) is 9.48 Å². The number of carbonyl (C=O) groups excluding carboxylic acids is 1. The van der Waals surface area contributed by atoms with Crippen molar-refractivity contribution >= 4 is 23.1 Å². The smallest absolute Gasteiger partial charge is 0.212 e. The summed E-state index contributed by atoms with van der Waals surface area (Å²) < 4.78 is 2.07. The van der Waals surface area contributed by atoms with Crippen LogP contribution < -0.4 is 5.32 Å². The molecule has 3 rings (SSSR count). The summed E-state index contributed by atoms with van der Waals surface area (Å²) in [6.07, 6.45) is 10.7. The van der Waals surface area contributed by atoms with Gasteiger partial charge in [-0.1, -0.05) is 19.3 Å². The fourth-order valence-corrected chi connectivity index (χ4v) is 2.62. The number of aromatic nitrogens is 3. The maximum absolute atomic E-state index is 10.4. The van der Waals surface area contributed by atoms with E-state index in [2.05, 4.69) is 26.3 Å². The van der Waals surface area contributed by atoms with Gasteiger partial charge in [-0.25, -0.2) is 4.98 Å². The molecule has 1 fully saturated rings. The lowest BCUT2D eigenvalue weighted by molar-refractivity contribution is -0.105. The van der Waals surface area contributed by atoms with Crippen LogP contribution in [0.3, 0.4) is 0 Å². The maximum atomic E-state index is 10.4. The highest BCUT2D eigenvalue weighted by Gasteiger charge is 2.16. The van der Waals surface area contributed by atoms with Gasteiger partial charge in [0.25, 0.3) is 0 Å². The van der Waals surface area contributed by atoms with Crippen molar-refractivity contribution < 1.29 is 4.79 Å². The molecule has 94 valence electrons. The van der Waals surface area contributed by atoms with Crippen LogP contribution in [0.2, 0.25) is 0 Å². The zero-order valence-electron chi connectivity index (χ0n) is 10.2. The van der Waals surface area contributed by atoms with E-state index in [1.165, 1.54) is 32.1 Å². The van der Waals surface area contributed by atoms with Crippen LogP contribution in [0.4, 0.5) is 5.82 Å². The molecule has 5 heteroatoms. The van der Waals surface area contributed by atoms with Crippen LogP contribution in [-0.2, 0) is 4.79 Å². The van der Waals surface area contributed by atoms with Gasteiger partial charge < -0.3 is 5.32 Å². The molecular weight excluding hydrogens is 228 g/mol. The highest BCUT2D eigenvalue weighted by atomic mass is 16.1. The molecule has 18 heavy (non-hydrogen) atoms. The number of anilines is 1. The van der Waals surface area contributed by atoms with Crippen LogP contribution in [0.1, 0.15) is 38.1 Å². The second-order valence-corrected chi connectivity index (χ2v) is 4.79. The van der Waals surface area contributed by atoms with Gasteiger partial charge in [0.15, 0.2) is 0 Å². The van der Waals surface area contributed by atoms with Gasteiger partial charge in [0.1, 0.15) is 11.3 Å². The fraction of sp³-hybridized carbons (Fsp3) is 0.462. The Kier molecular flexibility index (Phi) is 2.96. The summed E-state index contributed by atoms with van der Waals surface area (Å²) in [5, 5.41) is 8.16. The van der Waals surface area contributed by atoms with Crippen LogP contribution >= 0.6 is 0 Å². The summed E-state index contributed by atoms with van der Waals surface area (Å²) in [5.74, 6) is 0.570. The van der Waals surface area contributed by atoms with Crippen molar-refractivity contribution in [2.75, 3.05) is 5.32 Å². The number of rotatable bonds is 3. The van der Waals surface area contributed by atoms with Gasteiger partial charge >= 0.3 is 0 Å². The van der Waals surface area contributed by atoms with Crippen molar-refractivity contribution in [1.82, 2.24) is 14.8 Å². The van der Waals surface area contributed by atoms with Crippen LogP contribution in [0.5, 0.6) is 0 Å². The third kappa shape index (κ3) is 2.08. The van der Waals surface area contributed by atoms with Gasteiger partial charge in [-0.15, -0.1) is 0 Å². The van der Waals surface area contributed by atoms with Crippen molar-refractivity contribution in [2.45, 2.75) is 38.1 Å². The van der Waals surface area contributed by atoms with Crippen molar-refractivity contribution in [3.63, 3.8) is 0 Å². The Labute approximate surface area is 105 Å². The number of nitrogens with one attached hydrogen (secondary N) is 1. The minimum Gasteiger partial charge on any atom is -0.313 e. The van der Waals surface area contributed by atoms with Gasteiger partial charge in [0.05, 0.1) is 12.2 Å². The van der Waals surface area contributed by atoms with Crippen LogP contribution in [0.25, 0.3) is 10.9 Å². The lowest BCUT2D eigenvalue weighted by Gasteiger charge is -2.21. The molecule has 1 N–H and O–H groups in total. The maximum Gasteiger partial charge on any atom is 0.212 e. The molecule has 1 aliphatic rings. The molecule has 5 nitrogen and oxygen atoms in total. The number of hydrogen-bond donors (Lipinski definition) is 1. The van der Waals surface area contributed by atoms with E-state index in [9.17, 15) is 4.79 Å². The lowest BCUT2D eigenvalue weighted by atomic mass is 9.96. The predicted molar refractivity (Wildman–Crippen MR) is 69.3 cm³/mol. The first-order chi connectivity index (χ1) is 8.86. The largest absolute Gasteiger partial charge is 0.313 e. The quantitative estimate of drug-likeness (QED) is 0.844. The first-order valence-electron chi connectivity index (χ1n) is 6.42. The summed E-state index contributed by atoms with van der Waals surface area (Å²) in [6, 6.07) is 2.38. The van der Waals surface area contributed by atoms with E-state index in [1.807, 2.05) is 6.07 Å². The zero-order valence-corrected chi connectivity index (χ0v) is 10.2. The van der Waals surface area contributed by atoms with E-state index in [4.69, 9.17) is 0 Å². The van der Waals surface area contributed by atoms with Gasteiger partial charge in [0.2, 0.25) is 6.41 Å². The Morgan fingerprint density at radius 1 is 1.33 bits per heavy atom. The van der Waals surface area contributed by atoms with Gasteiger partial charge in [0, 0.05) is 11.6 Å². The molecule has 2 aromatic rings. The average Bonchev–Trinajstić information content (AvgIpc) is 2.83. The number of fused-ring (bicyclic) bond motifs is 1. The Morgan fingerprint density at radius 3 is 2.94 bits per heavy atom. The van der Waals surface area contributed by atoms with Crippen molar-refractivity contribution in [2.24, 2.45) is 0 Å². The fourth-order valence-electron chi connectivity index (χ4n) is 2.62. The predicted octanol–water partition coefficient (Wildman–Crippen LogP) is 2.50. The highest BCUT2D eigenvalue weighted by Crippen LogP contribution is 2.29. The molecule has 0 aliphatic heterocycles. The van der Waals surface area contributed by atoms with E-state index in [-0.39, 0.29) is 0 Å². The molecule has 0 spiro atoms. The normalized spacial score (nSPS) is 16.9. The van der Waals surface area contributed by atoms with Crippen LogP contribution in [0, 0.1) is 0 Å². The Hall–Kier alpha value is -1.91. The summed E-state index contributed by atoms with van der Waals surface area (Å²) in [5.41, 5.74) is 0.886. The standard InChI is InChI=1S/C13H16N4O/c18-9-15-13-6-10-8-17(16-12(10)7-14-13)11-4-2-1-3-5-11/h6-9,11H,1-5H2,(H,15,18). The molecule has 0 aromatic carbocycles. The SMILES string of the molecule is O=CNc1cc2cn(C3CCCCC3)nc2cn1. The molecule has 0 bridgehead atoms. The molecule has 2 heterocycles. The number of carbonyl (C=O) groups is 1. The monoisotopic (exact) mass is 244 g/mol. The molecule has 0 atom stereocenters. The van der Waals surface area contributed by atoms with E-state index in [1.54, 1.807) is 6.20 Å². The lowest BCUT2D eigenvalue weighted by Crippen LogP contribution is -2.12. The van der Waals surface area contributed by atoms with Gasteiger partial charge in [-0.05, 0) is 18.9 Å². The van der Waals surface area contributed by atoms with Crippen molar-refractivity contribution in [3.8, 4) is 0 Å². The van der Waals surface area contributed by atoms with E-state index in [0.717, 1.165) is 10.9 Å². The minimum atomic E-state index is 0.522. The molecule has 2 aromatic heterocycles. The second-order valence-electron chi connectivity index (χ2n) is 4.79. The number of amides is 1. The third-order valence-electron chi connectivity index (χ3n) is 3.56. The minimum absolute atomic E-state index is 0.522. The number of pyridine rings is 1. The van der Waals surface area contributed by atoms with E-state index >= 15 is 0 Å². The summed E-state index contributed by atoms with van der Waals surface area (Å²) in [4.78, 5) is 14.5. The van der Waals surface area contributed by atoms with Gasteiger partial charge in [-0.2, -0.15) is 5.10 Å². The Morgan fingerprint density at radius 2 is 2.17 bits per heavy atom. The molecule has 1 saturated carbocycles.